The van der Waals surface area contributed by atoms with Gasteiger partial charge in [-0.3, -0.25) is 4.79 Å². The van der Waals surface area contributed by atoms with Gasteiger partial charge in [0.25, 0.3) is 0 Å². The molecule has 1 amide bonds. The molecular weight excluding hydrogens is 228 g/mol. The molecule has 1 aliphatic heterocycles. The molecule has 0 bridgehead atoms. The monoisotopic (exact) mass is 254 g/mol. The number of carbonyl (C=O) groups excluding carboxylic acids is 1. The van der Waals surface area contributed by atoms with E-state index in [4.69, 9.17) is 10.5 Å². The SMILES string of the molecule is COCC1CCN(C(=O)C2CCCCC2N)CC1. The van der Waals surface area contributed by atoms with Gasteiger partial charge in [0.1, 0.15) is 0 Å². The maximum Gasteiger partial charge on any atom is 0.227 e. The second kappa shape index (κ2) is 6.53. The number of carbonyl (C=O) groups is 1. The molecule has 2 aliphatic rings. The fourth-order valence-corrected chi connectivity index (χ4v) is 3.26. The number of piperidine rings is 1. The van der Waals surface area contributed by atoms with Crippen molar-refractivity contribution < 1.29 is 9.53 Å². The number of nitrogens with zero attached hydrogens (tertiary/aromatic N) is 1. The highest BCUT2D eigenvalue weighted by atomic mass is 16.5. The van der Waals surface area contributed by atoms with E-state index in [-0.39, 0.29) is 12.0 Å². The van der Waals surface area contributed by atoms with E-state index >= 15 is 0 Å². The second-order valence-corrected chi connectivity index (χ2v) is 5.78. The molecule has 0 aromatic rings. The van der Waals surface area contributed by atoms with Crippen molar-refractivity contribution in [1.82, 2.24) is 4.90 Å². The van der Waals surface area contributed by atoms with Gasteiger partial charge < -0.3 is 15.4 Å². The van der Waals surface area contributed by atoms with E-state index in [9.17, 15) is 4.79 Å². The first kappa shape index (κ1) is 13.8. The summed E-state index contributed by atoms with van der Waals surface area (Å²) in [6.07, 6.45) is 6.47. The minimum Gasteiger partial charge on any atom is -0.384 e. The Morgan fingerprint density at radius 1 is 1.22 bits per heavy atom. The molecule has 4 heteroatoms. The molecule has 2 fully saturated rings. The third-order valence-corrected chi connectivity index (χ3v) is 4.47. The molecule has 2 rings (SSSR count). The van der Waals surface area contributed by atoms with Gasteiger partial charge in [-0.15, -0.1) is 0 Å². The van der Waals surface area contributed by atoms with Crippen LogP contribution >= 0.6 is 0 Å². The second-order valence-electron chi connectivity index (χ2n) is 5.78. The van der Waals surface area contributed by atoms with Gasteiger partial charge in [0.05, 0.1) is 5.92 Å². The average Bonchev–Trinajstić information content (AvgIpc) is 2.40. The fourth-order valence-electron chi connectivity index (χ4n) is 3.26. The van der Waals surface area contributed by atoms with Gasteiger partial charge in [0, 0.05) is 32.8 Å². The minimum atomic E-state index is 0.0812. The first-order valence-corrected chi connectivity index (χ1v) is 7.25. The van der Waals surface area contributed by atoms with Crippen LogP contribution in [0.25, 0.3) is 0 Å². The summed E-state index contributed by atoms with van der Waals surface area (Å²) >= 11 is 0. The maximum atomic E-state index is 12.4. The Kier molecular flexibility index (Phi) is 5.01. The topological polar surface area (TPSA) is 55.6 Å². The first-order chi connectivity index (χ1) is 8.72. The van der Waals surface area contributed by atoms with Gasteiger partial charge in [-0.05, 0) is 31.6 Å². The van der Waals surface area contributed by atoms with E-state index in [0.29, 0.717) is 11.8 Å². The Labute approximate surface area is 110 Å². The largest absolute Gasteiger partial charge is 0.384 e. The maximum absolute atomic E-state index is 12.4. The average molecular weight is 254 g/mol. The minimum absolute atomic E-state index is 0.0812. The third kappa shape index (κ3) is 3.23. The lowest BCUT2D eigenvalue weighted by molar-refractivity contribution is -0.138. The lowest BCUT2D eigenvalue weighted by Gasteiger charge is -2.36. The number of amides is 1. The van der Waals surface area contributed by atoms with Crippen LogP contribution in [0.2, 0.25) is 0 Å². The Morgan fingerprint density at radius 3 is 2.50 bits per heavy atom. The summed E-state index contributed by atoms with van der Waals surface area (Å²) < 4.78 is 5.19. The van der Waals surface area contributed by atoms with Crippen LogP contribution in [0.1, 0.15) is 38.5 Å². The van der Waals surface area contributed by atoms with Crippen molar-refractivity contribution >= 4 is 5.91 Å². The van der Waals surface area contributed by atoms with Crippen molar-refractivity contribution in [2.24, 2.45) is 17.6 Å². The zero-order chi connectivity index (χ0) is 13.0. The van der Waals surface area contributed by atoms with Gasteiger partial charge >= 0.3 is 0 Å². The Balaban J connectivity index is 1.83. The Morgan fingerprint density at radius 2 is 1.89 bits per heavy atom. The molecule has 104 valence electrons. The van der Waals surface area contributed by atoms with Crippen LogP contribution in [-0.2, 0) is 9.53 Å². The predicted octanol–water partition coefficient (Wildman–Crippen LogP) is 1.39. The van der Waals surface area contributed by atoms with Crippen LogP contribution in [0.3, 0.4) is 0 Å². The lowest BCUT2D eigenvalue weighted by Crippen LogP contribution is -2.48. The summed E-state index contributed by atoms with van der Waals surface area (Å²) in [4.78, 5) is 14.5. The van der Waals surface area contributed by atoms with E-state index in [1.54, 1.807) is 7.11 Å². The molecule has 4 nitrogen and oxygen atoms in total. The lowest BCUT2D eigenvalue weighted by atomic mass is 9.83. The van der Waals surface area contributed by atoms with E-state index in [1.165, 1.54) is 6.42 Å². The van der Waals surface area contributed by atoms with E-state index in [2.05, 4.69) is 0 Å². The van der Waals surface area contributed by atoms with Gasteiger partial charge in [0.15, 0.2) is 0 Å². The van der Waals surface area contributed by atoms with Crippen molar-refractivity contribution in [2.75, 3.05) is 26.8 Å². The molecule has 2 unspecified atom stereocenters. The van der Waals surface area contributed by atoms with Crippen LogP contribution in [0.4, 0.5) is 0 Å². The Hall–Kier alpha value is -0.610. The van der Waals surface area contributed by atoms with Crippen molar-refractivity contribution in [3.63, 3.8) is 0 Å². The molecular formula is C14H26N2O2. The predicted molar refractivity (Wildman–Crippen MR) is 71.1 cm³/mol. The Bertz CT molecular complexity index is 275. The van der Waals surface area contributed by atoms with E-state index in [0.717, 1.165) is 51.8 Å². The fraction of sp³-hybridized carbons (Fsp3) is 0.929. The number of ether oxygens (including phenoxy) is 1. The van der Waals surface area contributed by atoms with Crippen LogP contribution in [0, 0.1) is 11.8 Å². The molecule has 18 heavy (non-hydrogen) atoms. The molecule has 1 saturated heterocycles. The molecule has 2 atom stereocenters. The smallest absolute Gasteiger partial charge is 0.227 e. The van der Waals surface area contributed by atoms with Gasteiger partial charge in [-0.2, -0.15) is 0 Å². The highest BCUT2D eigenvalue weighted by Crippen LogP contribution is 2.27. The van der Waals surface area contributed by atoms with Gasteiger partial charge in [-0.25, -0.2) is 0 Å². The number of nitrogens with two attached hydrogens (primary N) is 1. The van der Waals surface area contributed by atoms with Gasteiger partial charge in [-0.1, -0.05) is 12.8 Å². The molecule has 1 heterocycles. The third-order valence-electron chi connectivity index (χ3n) is 4.47. The molecule has 0 aromatic carbocycles. The highest BCUT2D eigenvalue weighted by Gasteiger charge is 2.33. The first-order valence-electron chi connectivity index (χ1n) is 7.25. The summed E-state index contributed by atoms with van der Waals surface area (Å²) in [6, 6.07) is 0.0861. The van der Waals surface area contributed by atoms with Crippen LogP contribution in [-0.4, -0.2) is 43.7 Å². The number of methoxy groups -OCH3 is 1. The number of rotatable bonds is 3. The summed E-state index contributed by atoms with van der Waals surface area (Å²) in [6.45, 7) is 2.59. The van der Waals surface area contributed by atoms with E-state index < -0.39 is 0 Å². The van der Waals surface area contributed by atoms with Crippen molar-refractivity contribution in [1.29, 1.82) is 0 Å². The number of hydrogen-bond donors (Lipinski definition) is 1. The summed E-state index contributed by atoms with van der Waals surface area (Å²) in [5.41, 5.74) is 6.09. The molecule has 0 radical (unpaired) electrons. The normalized spacial score (nSPS) is 30.4. The molecule has 0 spiro atoms. The summed E-state index contributed by atoms with van der Waals surface area (Å²) in [5.74, 6) is 1.01. The van der Waals surface area contributed by atoms with E-state index in [1.807, 2.05) is 4.90 Å². The molecule has 2 N–H and O–H groups in total. The van der Waals surface area contributed by atoms with Crippen LogP contribution in [0.15, 0.2) is 0 Å². The van der Waals surface area contributed by atoms with Crippen LogP contribution < -0.4 is 5.73 Å². The van der Waals surface area contributed by atoms with Crippen molar-refractivity contribution in [3.05, 3.63) is 0 Å². The summed E-state index contributed by atoms with van der Waals surface area (Å²) in [7, 11) is 1.75. The molecule has 0 aromatic heterocycles. The highest BCUT2D eigenvalue weighted by molar-refractivity contribution is 5.79. The number of likely N-dealkylation sites (tertiary alicyclic amines) is 1. The molecule has 1 aliphatic carbocycles. The molecule has 1 saturated carbocycles. The number of hydrogen-bond acceptors (Lipinski definition) is 3. The van der Waals surface area contributed by atoms with Gasteiger partial charge in [0.2, 0.25) is 5.91 Å². The zero-order valence-electron chi connectivity index (χ0n) is 11.4. The van der Waals surface area contributed by atoms with Crippen LogP contribution in [0.5, 0.6) is 0 Å². The quantitative estimate of drug-likeness (QED) is 0.828. The van der Waals surface area contributed by atoms with Crippen molar-refractivity contribution in [2.45, 2.75) is 44.6 Å². The van der Waals surface area contributed by atoms with Crippen molar-refractivity contribution in [3.8, 4) is 0 Å². The summed E-state index contributed by atoms with van der Waals surface area (Å²) in [5, 5.41) is 0. The standard InChI is InChI=1S/C14H26N2O2/c1-18-10-11-6-8-16(9-7-11)14(17)12-4-2-3-5-13(12)15/h11-13H,2-10,15H2,1H3. The zero-order valence-corrected chi connectivity index (χ0v) is 11.4.